The zero-order valence-corrected chi connectivity index (χ0v) is 12.5. The quantitative estimate of drug-likeness (QED) is 0.827. The van der Waals surface area contributed by atoms with E-state index in [9.17, 15) is 0 Å². The topological polar surface area (TPSA) is 21.3 Å². The van der Waals surface area contributed by atoms with E-state index in [0.717, 1.165) is 18.2 Å². The Labute approximate surface area is 117 Å². The summed E-state index contributed by atoms with van der Waals surface area (Å²) in [5, 5.41) is 3.74. The molecule has 0 saturated heterocycles. The molecule has 19 heavy (non-hydrogen) atoms. The summed E-state index contributed by atoms with van der Waals surface area (Å²) in [5.74, 6) is 1.81. The third-order valence-corrected chi connectivity index (χ3v) is 4.21. The highest BCUT2D eigenvalue weighted by molar-refractivity contribution is 5.39. The fraction of sp³-hybridized carbons (Fsp3) is 0.647. The Morgan fingerprint density at radius 3 is 2.68 bits per heavy atom. The lowest BCUT2D eigenvalue weighted by molar-refractivity contribution is 0.345. The summed E-state index contributed by atoms with van der Waals surface area (Å²) in [6, 6.07) is 7.07. The van der Waals surface area contributed by atoms with Crippen LogP contribution in [0.15, 0.2) is 18.2 Å². The van der Waals surface area contributed by atoms with Crippen molar-refractivity contribution in [2.45, 2.75) is 52.0 Å². The molecule has 0 aromatic heterocycles. The Morgan fingerprint density at radius 2 is 2.05 bits per heavy atom. The van der Waals surface area contributed by atoms with Crippen LogP contribution in [0.5, 0.6) is 5.75 Å². The molecule has 0 spiro atoms. The van der Waals surface area contributed by atoms with Crippen molar-refractivity contribution in [2.24, 2.45) is 5.92 Å². The fourth-order valence-electron chi connectivity index (χ4n) is 3.20. The third-order valence-electron chi connectivity index (χ3n) is 4.21. The van der Waals surface area contributed by atoms with Gasteiger partial charge in [-0.2, -0.15) is 0 Å². The molecule has 1 saturated carbocycles. The van der Waals surface area contributed by atoms with Crippen molar-refractivity contribution >= 4 is 0 Å². The van der Waals surface area contributed by atoms with Gasteiger partial charge in [0.1, 0.15) is 5.75 Å². The van der Waals surface area contributed by atoms with E-state index < -0.39 is 0 Å². The molecular formula is C17H27NO. The molecule has 0 heterocycles. The first kappa shape index (κ1) is 14.4. The summed E-state index contributed by atoms with van der Waals surface area (Å²) in [6.45, 7) is 5.43. The molecule has 0 amide bonds. The van der Waals surface area contributed by atoms with E-state index in [1.807, 2.05) is 0 Å². The summed E-state index contributed by atoms with van der Waals surface area (Å²) < 4.78 is 5.61. The summed E-state index contributed by atoms with van der Waals surface area (Å²) in [6.07, 6.45) is 6.63. The molecule has 106 valence electrons. The molecule has 1 fully saturated rings. The lowest BCUT2D eigenvalue weighted by atomic mass is 9.90. The van der Waals surface area contributed by atoms with Crippen molar-refractivity contribution in [2.75, 3.05) is 13.7 Å². The zero-order chi connectivity index (χ0) is 13.7. The van der Waals surface area contributed by atoms with Crippen molar-refractivity contribution in [3.63, 3.8) is 0 Å². The molecule has 1 aromatic rings. The van der Waals surface area contributed by atoms with Crippen molar-refractivity contribution in [3.8, 4) is 5.75 Å². The first-order valence-corrected chi connectivity index (χ1v) is 7.64. The smallest absolute Gasteiger partial charge is 0.123 e. The van der Waals surface area contributed by atoms with Crippen LogP contribution in [-0.2, 0) is 0 Å². The normalized spacial score (nSPS) is 17.6. The number of aryl methyl sites for hydroxylation is 1. The van der Waals surface area contributed by atoms with Crippen LogP contribution in [0, 0.1) is 12.8 Å². The molecule has 1 atom stereocenters. The molecule has 2 heteroatoms. The van der Waals surface area contributed by atoms with Crippen LogP contribution in [0.1, 0.15) is 56.2 Å². The summed E-state index contributed by atoms with van der Waals surface area (Å²) in [4.78, 5) is 0. The minimum atomic E-state index is 0.456. The van der Waals surface area contributed by atoms with Gasteiger partial charge < -0.3 is 10.1 Å². The van der Waals surface area contributed by atoms with Gasteiger partial charge in [-0.15, -0.1) is 0 Å². The highest BCUT2D eigenvalue weighted by Crippen LogP contribution is 2.39. The van der Waals surface area contributed by atoms with Gasteiger partial charge in [-0.1, -0.05) is 31.9 Å². The van der Waals surface area contributed by atoms with Crippen molar-refractivity contribution < 1.29 is 4.74 Å². The lowest BCUT2D eigenvalue weighted by Gasteiger charge is -2.27. The van der Waals surface area contributed by atoms with E-state index in [0.29, 0.717) is 6.04 Å². The van der Waals surface area contributed by atoms with E-state index in [1.54, 1.807) is 7.11 Å². The lowest BCUT2D eigenvalue weighted by Crippen LogP contribution is -2.28. The molecule has 0 bridgehead atoms. The number of ether oxygens (including phenoxy) is 1. The van der Waals surface area contributed by atoms with E-state index in [2.05, 4.69) is 37.4 Å². The van der Waals surface area contributed by atoms with Gasteiger partial charge in [0.15, 0.2) is 0 Å². The molecule has 1 aliphatic rings. The standard InChI is InChI=1S/C17H27NO/c1-4-11-18-17(14-7-5-6-8-14)15-10-9-13(2)12-16(15)19-3/h9-10,12,14,17-18H,4-8,11H2,1-3H3. The van der Waals surface area contributed by atoms with Crippen LogP contribution in [0.4, 0.5) is 0 Å². The third kappa shape index (κ3) is 3.50. The van der Waals surface area contributed by atoms with Crippen LogP contribution in [-0.4, -0.2) is 13.7 Å². The largest absolute Gasteiger partial charge is 0.496 e. The summed E-state index contributed by atoms with van der Waals surface area (Å²) in [5.41, 5.74) is 2.61. The van der Waals surface area contributed by atoms with E-state index >= 15 is 0 Å². The Bertz CT molecular complexity index is 396. The predicted octanol–water partition coefficient (Wildman–Crippen LogP) is 4.23. The average molecular weight is 261 g/mol. The minimum absolute atomic E-state index is 0.456. The van der Waals surface area contributed by atoms with Crippen LogP contribution >= 0.6 is 0 Å². The Morgan fingerprint density at radius 1 is 1.32 bits per heavy atom. The molecule has 1 aromatic carbocycles. The highest BCUT2D eigenvalue weighted by Gasteiger charge is 2.27. The summed E-state index contributed by atoms with van der Waals surface area (Å²) in [7, 11) is 1.78. The molecular weight excluding hydrogens is 234 g/mol. The Kier molecular flexibility index (Phi) is 5.26. The van der Waals surface area contributed by atoms with Crippen LogP contribution in [0.25, 0.3) is 0 Å². The van der Waals surface area contributed by atoms with Gasteiger partial charge in [0.2, 0.25) is 0 Å². The maximum absolute atomic E-state index is 5.61. The van der Waals surface area contributed by atoms with Gasteiger partial charge in [0.25, 0.3) is 0 Å². The predicted molar refractivity (Wildman–Crippen MR) is 80.7 cm³/mol. The van der Waals surface area contributed by atoms with Crippen LogP contribution < -0.4 is 10.1 Å². The SMILES string of the molecule is CCCNC(c1ccc(C)cc1OC)C1CCCC1. The number of methoxy groups -OCH3 is 1. The first-order valence-electron chi connectivity index (χ1n) is 7.64. The van der Waals surface area contributed by atoms with Gasteiger partial charge >= 0.3 is 0 Å². The minimum Gasteiger partial charge on any atom is -0.496 e. The maximum Gasteiger partial charge on any atom is 0.123 e. The average Bonchev–Trinajstić information content (AvgIpc) is 2.94. The number of hydrogen-bond acceptors (Lipinski definition) is 2. The second kappa shape index (κ2) is 6.95. The van der Waals surface area contributed by atoms with Crippen molar-refractivity contribution in [3.05, 3.63) is 29.3 Å². The number of nitrogens with one attached hydrogen (secondary N) is 1. The van der Waals surface area contributed by atoms with E-state index in [-0.39, 0.29) is 0 Å². The number of hydrogen-bond donors (Lipinski definition) is 1. The second-order valence-electron chi connectivity index (χ2n) is 5.72. The van der Waals surface area contributed by atoms with Gasteiger partial charge in [-0.05, 0) is 50.3 Å². The molecule has 1 N–H and O–H groups in total. The van der Waals surface area contributed by atoms with Crippen molar-refractivity contribution in [1.29, 1.82) is 0 Å². The first-order chi connectivity index (χ1) is 9.26. The van der Waals surface area contributed by atoms with E-state index in [1.165, 1.54) is 43.2 Å². The maximum atomic E-state index is 5.61. The zero-order valence-electron chi connectivity index (χ0n) is 12.5. The highest BCUT2D eigenvalue weighted by atomic mass is 16.5. The molecule has 2 rings (SSSR count). The summed E-state index contributed by atoms with van der Waals surface area (Å²) >= 11 is 0. The van der Waals surface area contributed by atoms with Gasteiger partial charge in [0, 0.05) is 11.6 Å². The number of rotatable bonds is 6. The molecule has 1 unspecified atom stereocenters. The fourth-order valence-corrected chi connectivity index (χ4v) is 3.20. The Hall–Kier alpha value is -1.02. The van der Waals surface area contributed by atoms with Gasteiger partial charge in [0.05, 0.1) is 7.11 Å². The van der Waals surface area contributed by atoms with Gasteiger partial charge in [-0.25, -0.2) is 0 Å². The molecule has 1 aliphatic carbocycles. The molecule has 0 aliphatic heterocycles. The van der Waals surface area contributed by atoms with Crippen molar-refractivity contribution in [1.82, 2.24) is 5.32 Å². The van der Waals surface area contributed by atoms with E-state index in [4.69, 9.17) is 4.74 Å². The monoisotopic (exact) mass is 261 g/mol. The molecule has 2 nitrogen and oxygen atoms in total. The van der Waals surface area contributed by atoms with Crippen LogP contribution in [0.3, 0.4) is 0 Å². The second-order valence-corrected chi connectivity index (χ2v) is 5.72. The Balaban J connectivity index is 2.25. The molecule has 0 radical (unpaired) electrons. The van der Waals surface area contributed by atoms with Crippen LogP contribution in [0.2, 0.25) is 0 Å². The van der Waals surface area contributed by atoms with Gasteiger partial charge in [-0.3, -0.25) is 0 Å². The number of benzene rings is 1.